The lowest BCUT2D eigenvalue weighted by atomic mass is 10.2. The highest BCUT2D eigenvalue weighted by molar-refractivity contribution is 8.27. The van der Waals surface area contributed by atoms with Gasteiger partial charge in [-0.05, 0) is 61.9 Å². The molecule has 0 unspecified atom stereocenters. The van der Waals surface area contributed by atoms with E-state index in [-0.39, 0.29) is 10.8 Å². The van der Waals surface area contributed by atoms with Crippen molar-refractivity contribution in [2.75, 3.05) is 16.3 Å². The Morgan fingerprint density at radius 2 is 1.81 bits per heavy atom. The van der Waals surface area contributed by atoms with Crippen LogP contribution in [0.25, 0.3) is 0 Å². The van der Waals surface area contributed by atoms with E-state index < -0.39 is 10.1 Å². The smallest absolute Gasteiger partial charge is 0.294 e. The first-order valence-electron chi connectivity index (χ1n) is 9.31. The van der Waals surface area contributed by atoms with Gasteiger partial charge in [-0.3, -0.25) is 14.2 Å². The molecule has 0 saturated carbocycles. The minimum absolute atomic E-state index is 0.240. The summed E-state index contributed by atoms with van der Waals surface area (Å²) >= 11 is 8.30. The molecule has 0 aromatic heterocycles. The standard InChI is InChI=1S/C21H18N2O4S4/c1-3-22-16-6-4-5-7-17(16)29-18(22)12-13(2)19-20(24)23(21(28)30-19)14-8-10-15(11-9-14)31(25,26)27/h4-12H,3H2,1-2H3,(H,25,26,27). The maximum absolute atomic E-state index is 13.1. The molecule has 2 aliphatic heterocycles. The van der Waals surface area contributed by atoms with Crippen molar-refractivity contribution >= 4 is 67.5 Å². The fraction of sp³-hybridized carbons (Fsp3) is 0.143. The zero-order chi connectivity index (χ0) is 22.3. The lowest BCUT2D eigenvalue weighted by molar-refractivity contribution is -0.113. The van der Waals surface area contributed by atoms with Crippen LogP contribution in [0, 0.1) is 0 Å². The molecule has 0 aliphatic carbocycles. The second-order valence-electron chi connectivity index (χ2n) is 6.79. The maximum atomic E-state index is 13.1. The van der Waals surface area contributed by atoms with Crippen molar-refractivity contribution in [3.05, 3.63) is 70.1 Å². The number of allylic oxidation sites excluding steroid dienone is 2. The Labute approximate surface area is 194 Å². The van der Waals surface area contributed by atoms with Gasteiger partial charge in [0.1, 0.15) is 0 Å². The SMILES string of the molecule is CCN1C(=CC(C)=C2SC(=S)N(c3ccc(S(=O)(=O)O)cc3)C2=O)Sc2ccccc21. The van der Waals surface area contributed by atoms with Crippen molar-refractivity contribution in [3.8, 4) is 0 Å². The average Bonchev–Trinajstić information content (AvgIpc) is 3.23. The first-order chi connectivity index (χ1) is 14.7. The number of carbonyl (C=O) groups is 1. The highest BCUT2D eigenvalue weighted by atomic mass is 32.2. The van der Waals surface area contributed by atoms with E-state index in [0.29, 0.717) is 14.9 Å². The van der Waals surface area contributed by atoms with Gasteiger partial charge in [-0.2, -0.15) is 8.42 Å². The summed E-state index contributed by atoms with van der Waals surface area (Å²) in [5.74, 6) is -0.257. The van der Waals surface area contributed by atoms with Crippen LogP contribution < -0.4 is 9.80 Å². The largest absolute Gasteiger partial charge is 0.335 e. The molecule has 1 amide bonds. The molecule has 1 fully saturated rings. The van der Waals surface area contributed by atoms with E-state index in [2.05, 4.69) is 24.0 Å². The Morgan fingerprint density at radius 1 is 1.13 bits per heavy atom. The third kappa shape index (κ3) is 4.18. The fourth-order valence-electron chi connectivity index (χ4n) is 3.34. The molecule has 1 saturated heterocycles. The number of thioether (sulfide) groups is 2. The fourth-order valence-corrected chi connectivity index (χ4v) is 6.34. The second-order valence-corrected chi connectivity index (χ2v) is 10.9. The monoisotopic (exact) mass is 490 g/mol. The van der Waals surface area contributed by atoms with Gasteiger partial charge >= 0.3 is 0 Å². The number of thiocarbonyl (C=S) groups is 1. The van der Waals surface area contributed by atoms with Crippen LogP contribution in [0.2, 0.25) is 0 Å². The van der Waals surface area contributed by atoms with Crippen molar-refractivity contribution in [1.82, 2.24) is 0 Å². The van der Waals surface area contributed by atoms with Crippen LogP contribution >= 0.6 is 35.7 Å². The Hall–Kier alpha value is -2.11. The van der Waals surface area contributed by atoms with Crippen LogP contribution in [0.3, 0.4) is 0 Å². The number of hydrogen-bond donors (Lipinski definition) is 1. The van der Waals surface area contributed by atoms with Crippen LogP contribution in [0.4, 0.5) is 11.4 Å². The highest BCUT2D eigenvalue weighted by Gasteiger charge is 2.35. The lowest BCUT2D eigenvalue weighted by Gasteiger charge is -2.18. The van der Waals surface area contributed by atoms with E-state index in [0.717, 1.165) is 22.8 Å². The molecular weight excluding hydrogens is 473 g/mol. The van der Waals surface area contributed by atoms with E-state index in [4.69, 9.17) is 16.8 Å². The number of benzene rings is 2. The third-order valence-electron chi connectivity index (χ3n) is 4.81. The maximum Gasteiger partial charge on any atom is 0.294 e. The van der Waals surface area contributed by atoms with Gasteiger partial charge in [0.2, 0.25) is 0 Å². The zero-order valence-electron chi connectivity index (χ0n) is 16.6. The summed E-state index contributed by atoms with van der Waals surface area (Å²) in [4.78, 5) is 18.2. The van der Waals surface area contributed by atoms with Gasteiger partial charge < -0.3 is 4.90 Å². The van der Waals surface area contributed by atoms with Crippen molar-refractivity contribution < 1.29 is 17.8 Å². The number of carbonyl (C=O) groups excluding carboxylic acids is 1. The van der Waals surface area contributed by atoms with Gasteiger partial charge in [0.25, 0.3) is 16.0 Å². The van der Waals surface area contributed by atoms with E-state index in [9.17, 15) is 13.2 Å². The van der Waals surface area contributed by atoms with Crippen LogP contribution in [-0.4, -0.2) is 29.7 Å². The minimum atomic E-state index is -4.30. The molecule has 0 spiro atoms. The number of fused-ring (bicyclic) bond motifs is 1. The summed E-state index contributed by atoms with van der Waals surface area (Å²) in [6, 6.07) is 13.6. The van der Waals surface area contributed by atoms with E-state index in [1.165, 1.54) is 45.8 Å². The normalized spacial score (nSPS) is 19.4. The number of rotatable bonds is 4. The van der Waals surface area contributed by atoms with Crippen LogP contribution in [0.15, 0.2) is 79.9 Å². The molecule has 0 bridgehead atoms. The van der Waals surface area contributed by atoms with Crippen LogP contribution in [0.5, 0.6) is 0 Å². The first kappa shape index (κ1) is 22.1. The average molecular weight is 491 g/mol. The number of anilines is 2. The molecular formula is C21H18N2O4S4. The Balaban J connectivity index is 1.64. The number of amides is 1. The van der Waals surface area contributed by atoms with E-state index in [1.807, 2.05) is 25.1 Å². The van der Waals surface area contributed by atoms with Gasteiger partial charge in [0.05, 0.1) is 26.2 Å². The molecule has 0 atom stereocenters. The minimum Gasteiger partial charge on any atom is -0.335 e. The molecule has 2 heterocycles. The van der Waals surface area contributed by atoms with Gasteiger partial charge in [-0.1, -0.05) is 47.9 Å². The van der Waals surface area contributed by atoms with Gasteiger partial charge in [-0.15, -0.1) is 0 Å². The van der Waals surface area contributed by atoms with Crippen LogP contribution in [-0.2, 0) is 14.9 Å². The first-order valence-corrected chi connectivity index (χ1v) is 12.8. The topological polar surface area (TPSA) is 77.9 Å². The summed E-state index contributed by atoms with van der Waals surface area (Å²) < 4.78 is 32.0. The Bertz CT molecular complexity index is 1250. The number of hydrogen-bond acceptors (Lipinski definition) is 7. The quantitative estimate of drug-likeness (QED) is 0.363. The summed E-state index contributed by atoms with van der Waals surface area (Å²) in [7, 11) is -4.30. The summed E-state index contributed by atoms with van der Waals surface area (Å²) in [6.45, 7) is 4.78. The molecule has 0 radical (unpaired) electrons. The van der Waals surface area contributed by atoms with Gasteiger partial charge in [0, 0.05) is 11.4 Å². The molecule has 10 heteroatoms. The molecule has 31 heavy (non-hydrogen) atoms. The lowest BCUT2D eigenvalue weighted by Crippen LogP contribution is -2.27. The van der Waals surface area contributed by atoms with Crippen molar-refractivity contribution in [3.63, 3.8) is 0 Å². The van der Waals surface area contributed by atoms with E-state index >= 15 is 0 Å². The molecule has 1 N–H and O–H groups in total. The molecule has 6 nitrogen and oxygen atoms in total. The van der Waals surface area contributed by atoms with Crippen molar-refractivity contribution in [2.24, 2.45) is 0 Å². The van der Waals surface area contributed by atoms with Crippen molar-refractivity contribution in [2.45, 2.75) is 23.6 Å². The Morgan fingerprint density at radius 3 is 2.45 bits per heavy atom. The molecule has 4 rings (SSSR count). The molecule has 2 aromatic carbocycles. The van der Waals surface area contributed by atoms with Crippen molar-refractivity contribution in [1.29, 1.82) is 0 Å². The predicted octanol–water partition coefficient (Wildman–Crippen LogP) is 5.05. The predicted molar refractivity (Wildman–Crippen MR) is 130 cm³/mol. The van der Waals surface area contributed by atoms with Gasteiger partial charge in [-0.25, -0.2) is 0 Å². The van der Waals surface area contributed by atoms with Gasteiger partial charge in [0.15, 0.2) is 4.32 Å². The summed E-state index contributed by atoms with van der Waals surface area (Å²) in [5, 5.41) is 1.05. The Kier molecular flexibility index (Phi) is 6.01. The number of nitrogens with zero attached hydrogens (tertiary/aromatic N) is 2. The zero-order valence-corrected chi connectivity index (χ0v) is 19.9. The molecule has 2 aliphatic rings. The second kappa shape index (κ2) is 8.44. The summed E-state index contributed by atoms with van der Waals surface area (Å²) in [5.41, 5.74) is 2.41. The third-order valence-corrected chi connectivity index (χ3v) is 8.28. The van der Waals surface area contributed by atoms with Crippen LogP contribution in [0.1, 0.15) is 13.8 Å². The number of para-hydroxylation sites is 1. The van der Waals surface area contributed by atoms with E-state index in [1.54, 1.807) is 11.8 Å². The molecule has 2 aromatic rings. The summed E-state index contributed by atoms with van der Waals surface area (Å²) in [6.07, 6.45) is 2.00. The molecule has 160 valence electrons. The highest BCUT2D eigenvalue weighted by Crippen LogP contribution is 2.46.